The van der Waals surface area contributed by atoms with Gasteiger partial charge in [-0.2, -0.15) is 0 Å². The molecule has 3 amide bonds. The van der Waals surface area contributed by atoms with Gasteiger partial charge in [0.05, 0.1) is 13.0 Å². The van der Waals surface area contributed by atoms with Crippen LogP contribution in [0.4, 0.5) is 4.79 Å². The third kappa shape index (κ3) is 12.3. The van der Waals surface area contributed by atoms with Crippen molar-refractivity contribution in [1.82, 2.24) is 15.5 Å². The Bertz CT molecular complexity index is 914. The number of hydrogen-bond donors (Lipinski definition) is 3. The zero-order valence-electron chi connectivity index (χ0n) is 23.7. The highest BCUT2D eigenvalue weighted by molar-refractivity contribution is 5.92. The number of benzene rings is 1. The highest BCUT2D eigenvalue weighted by Gasteiger charge is 2.34. The number of phenols is 1. The maximum atomic E-state index is 13.7. The predicted molar refractivity (Wildman–Crippen MR) is 144 cm³/mol. The molecule has 1 aromatic carbocycles. The molecule has 0 saturated heterocycles. The summed E-state index contributed by atoms with van der Waals surface area (Å²) in [5, 5.41) is 15.4. The van der Waals surface area contributed by atoms with Gasteiger partial charge in [0.15, 0.2) is 0 Å². The minimum Gasteiger partial charge on any atom is -0.508 e. The molecule has 2 atom stereocenters. The zero-order chi connectivity index (χ0) is 28.7. The third-order valence-electron chi connectivity index (χ3n) is 5.57. The van der Waals surface area contributed by atoms with E-state index in [1.54, 1.807) is 39.8 Å². The van der Waals surface area contributed by atoms with E-state index in [0.717, 1.165) is 25.7 Å². The van der Waals surface area contributed by atoms with Crippen LogP contribution in [0.25, 0.3) is 0 Å². The van der Waals surface area contributed by atoms with E-state index in [1.165, 1.54) is 24.0 Å². The highest BCUT2D eigenvalue weighted by atomic mass is 16.6. The van der Waals surface area contributed by atoms with Crippen LogP contribution in [0.2, 0.25) is 0 Å². The second-order valence-corrected chi connectivity index (χ2v) is 10.2. The Morgan fingerprint density at radius 2 is 1.74 bits per heavy atom. The number of alkyl carbamates (subject to hydrolysis) is 1. The van der Waals surface area contributed by atoms with Gasteiger partial charge in [0.1, 0.15) is 23.4 Å². The molecule has 0 aliphatic rings. The molecule has 10 heteroatoms. The lowest BCUT2D eigenvalue weighted by atomic mass is 10.0. The second-order valence-electron chi connectivity index (χ2n) is 10.2. The van der Waals surface area contributed by atoms with Crippen LogP contribution in [0.15, 0.2) is 24.3 Å². The fraction of sp³-hybridized carbons (Fsp3) is 0.643. The van der Waals surface area contributed by atoms with Gasteiger partial charge in [0.2, 0.25) is 11.8 Å². The molecule has 0 aliphatic carbocycles. The molecule has 1 aromatic rings. The summed E-state index contributed by atoms with van der Waals surface area (Å²) in [6.07, 6.45) is 3.87. The monoisotopic (exact) mass is 535 g/mol. The summed E-state index contributed by atoms with van der Waals surface area (Å²) >= 11 is 0. The van der Waals surface area contributed by atoms with E-state index >= 15 is 0 Å². The lowest BCUT2D eigenvalue weighted by Crippen LogP contribution is -2.52. The van der Waals surface area contributed by atoms with Gasteiger partial charge in [-0.1, -0.05) is 44.7 Å². The van der Waals surface area contributed by atoms with Crippen LogP contribution >= 0.6 is 0 Å². The minimum absolute atomic E-state index is 0.0199. The Kier molecular flexibility index (Phi) is 14.2. The number of nitrogens with one attached hydrogen (secondary N) is 2. The molecule has 3 N–H and O–H groups in total. The Morgan fingerprint density at radius 1 is 1.05 bits per heavy atom. The van der Waals surface area contributed by atoms with Crippen molar-refractivity contribution >= 4 is 23.9 Å². The first-order valence-electron chi connectivity index (χ1n) is 13.4. The van der Waals surface area contributed by atoms with Crippen molar-refractivity contribution in [3.63, 3.8) is 0 Å². The zero-order valence-corrected chi connectivity index (χ0v) is 23.7. The van der Waals surface area contributed by atoms with E-state index in [1.807, 2.05) is 0 Å². The Morgan fingerprint density at radius 3 is 2.34 bits per heavy atom. The fourth-order valence-corrected chi connectivity index (χ4v) is 3.83. The molecule has 0 heterocycles. The molecule has 10 nitrogen and oxygen atoms in total. The summed E-state index contributed by atoms with van der Waals surface area (Å²) in [7, 11) is 0. The number of esters is 1. The van der Waals surface area contributed by atoms with Crippen LogP contribution < -0.4 is 10.6 Å². The van der Waals surface area contributed by atoms with Crippen LogP contribution in [0.5, 0.6) is 5.75 Å². The summed E-state index contributed by atoms with van der Waals surface area (Å²) in [5.41, 5.74) is -0.334. The van der Waals surface area contributed by atoms with Crippen molar-refractivity contribution < 1.29 is 33.8 Å². The Balaban J connectivity index is 3.24. The average molecular weight is 536 g/mol. The maximum absolute atomic E-state index is 13.7. The average Bonchev–Trinajstić information content (AvgIpc) is 2.81. The molecular weight excluding hydrogens is 490 g/mol. The first-order valence-corrected chi connectivity index (χ1v) is 13.4. The molecule has 0 radical (unpaired) electrons. The Labute approximate surface area is 226 Å². The van der Waals surface area contributed by atoms with Gasteiger partial charge < -0.3 is 30.1 Å². The summed E-state index contributed by atoms with van der Waals surface area (Å²) in [4.78, 5) is 52.6. The number of nitrogens with zero attached hydrogens (tertiary/aromatic N) is 1. The molecule has 0 aliphatic heterocycles. The fourth-order valence-electron chi connectivity index (χ4n) is 3.83. The van der Waals surface area contributed by atoms with Crippen molar-refractivity contribution in [3.05, 3.63) is 29.8 Å². The van der Waals surface area contributed by atoms with Crippen LogP contribution in [0.1, 0.15) is 91.7 Å². The number of ether oxygens (including phenoxy) is 2. The second kappa shape index (κ2) is 16.5. The van der Waals surface area contributed by atoms with Gasteiger partial charge in [-0.3, -0.25) is 14.4 Å². The van der Waals surface area contributed by atoms with Crippen molar-refractivity contribution in [2.24, 2.45) is 0 Å². The number of unbranched alkanes of at least 4 members (excludes halogenated alkanes) is 4. The van der Waals surface area contributed by atoms with Crippen LogP contribution in [-0.4, -0.2) is 65.2 Å². The molecule has 0 fully saturated rings. The molecule has 1 rings (SSSR count). The summed E-state index contributed by atoms with van der Waals surface area (Å²) in [6, 6.07) is 4.08. The lowest BCUT2D eigenvalue weighted by molar-refractivity contribution is -0.144. The standard InChI is InChI=1S/C28H45N3O7/c1-7-9-10-11-12-18-31(26(35)20(3)30-27(36)38-28(4,5)6)24(21-14-13-15-22(32)19-21)25(34)29-17-16-23(33)37-8-2/h13-15,19-20,24,32H,7-12,16-18H2,1-6H3,(H,29,34)(H,30,36). The number of aromatic hydroxyl groups is 1. The number of hydrogen-bond acceptors (Lipinski definition) is 7. The van der Waals surface area contributed by atoms with E-state index < -0.39 is 41.6 Å². The van der Waals surface area contributed by atoms with Crippen LogP contribution in [0, 0.1) is 0 Å². The molecule has 0 spiro atoms. The molecule has 38 heavy (non-hydrogen) atoms. The van der Waals surface area contributed by atoms with Crippen molar-refractivity contribution in [3.8, 4) is 5.75 Å². The third-order valence-corrected chi connectivity index (χ3v) is 5.57. The number of phenolic OH excluding ortho intramolecular Hbond substituents is 1. The van der Waals surface area contributed by atoms with E-state index in [9.17, 15) is 24.3 Å². The quantitative estimate of drug-likeness (QED) is 0.226. The van der Waals surface area contributed by atoms with Gasteiger partial charge in [-0.15, -0.1) is 0 Å². The highest BCUT2D eigenvalue weighted by Crippen LogP contribution is 2.26. The predicted octanol–water partition coefficient (Wildman–Crippen LogP) is 4.21. The lowest BCUT2D eigenvalue weighted by Gasteiger charge is -2.33. The van der Waals surface area contributed by atoms with Crippen molar-refractivity contribution in [1.29, 1.82) is 0 Å². The SMILES string of the molecule is CCCCCCCN(C(=O)C(C)NC(=O)OC(C)(C)C)C(C(=O)NCCC(=O)OCC)c1cccc(O)c1. The normalized spacial score (nSPS) is 12.7. The van der Waals surface area contributed by atoms with E-state index in [2.05, 4.69) is 17.6 Å². The molecule has 0 aromatic heterocycles. The maximum Gasteiger partial charge on any atom is 0.408 e. The van der Waals surface area contributed by atoms with Crippen molar-refractivity contribution in [2.75, 3.05) is 19.7 Å². The number of carbonyl (C=O) groups is 4. The number of amides is 3. The van der Waals surface area contributed by atoms with Gasteiger partial charge in [-0.25, -0.2) is 4.79 Å². The Hall–Kier alpha value is -3.30. The first-order chi connectivity index (χ1) is 17.9. The molecular formula is C28H45N3O7. The smallest absolute Gasteiger partial charge is 0.408 e. The van der Waals surface area contributed by atoms with Crippen molar-refractivity contribution in [2.45, 2.75) is 97.8 Å². The number of rotatable bonds is 15. The first kappa shape index (κ1) is 32.7. The molecule has 0 saturated carbocycles. The summed E-state index contributed by atoms with van der Waals surface area (Å²) in [5.74, 6) is -1.48. The van der Waals surface area contributed by atoms with E-state index in [0.29, 0.717) is 12.0 Å². The van der Waals surface area contributed by atoms with Gasteiger partial charge in [-0.05, 0) is 58.7 Å². The largest absolute Gasteiger partial charge is 0.508 e. The molecule has 2 unspecified atom stereocenters. The van der Waals surface area contributed by atoms with E-state index in [-0.39, 0.29) is 31.9 Å². The molecule has 0 bridgehead atoms. The number of carbonyl (C=O) groups excluding carboxylic acids is 4. The summed E-state index contributed by atoms with van der Waals surface area (Å²) < 4.78 is 10.2. The topological polar surface area (TPSA) is 134 Å². The van der Waals surface area contributed by atoms with Gasteiger partial charge >= 0.3 is 12.1 Å². The van der Waals surface area contributed by atoms with Gasteiger partial charge in [0.25, 0.3) is 0 Å². The van der Waals surface area contributed by atoms with Crippen LogP contribution in [0.3, 0.4) is 0 Å². The molecule has 214 valence electrons. The summed E-state index contributed by atoms with van der Waals surface area (Å²) in [6.45, 7) is 11.0. The van der Waals surface area contributed by atoms with Crippen LogP contribution in [-0.2, 0) is 23.9 Å². The minimum atomic E-state index is -1.09. The van der Waals surface area contributed by atoms with Gasteiger partial charge in [0, 0.05) is 13.1 Å². The van der Waals surface area contributed by atoms with E-state index in [4.69, 9.17) is 9.47 Å².